The molecule has 1 amide bonds. The molecule has 0 bridgehead atoms. The molecule has 1 aromatic rings. The van der Waals surface area contributed by atoms with Gasteiger partial charge in [-0.3, -0.25) is 4.79 Å². The third-order valence-electron chi connectivity index (χ3n) is 3.35. The predicted molar refractivity (Wildman–Crippen MR) is 85.6 cm³/mol. The molecule has 0 aromatic heterocycles. The van der Waals surface area contributed by atoms with E-state index in [2.05, 4.69) is 6.58 Å². The molecule has 0 atom stereocenters. The Bertz CT molecular complexity index is 579. The van der Waals surface area contributed by atoms with E-state index < -0.39 is 0 Å². The predicted octanol–water partition coefficient (Wildman–Crippen LogP) is 4.49. The first-order valence-corrected chi connectivity index (χ1v) is 6.68. The zero-order valence-corrected chi connectivity index (χ0v) is 13.0. The van der Waals surface area contributed by atoms with E-state index in [9.17, 15) is 4.79 Å². The van der Waals surface area contributed by atoms with Crippen LogP contribution in [0.1, 0.15) is 36.7 Å². The standard InChI is InChI=1S/C18H23NO/c1-13(2)15(4)10-11-16(5)19(6)18(20)17-9-7-8-14(3)12-17/h7-12H,1H2,2-6H3/b15-10+,16-11+. The van der Waals surface area contributed by atoms with Crippen LogP contribution in [0.3, 0.4) is 0 Å². The molecule has 0 aliphatic rings. The molecule has 0 aliphatic carbocycles. The van der Waals surface area contributed by atoms with E-state index in [1.807, 2.05) is 64.1 Å². The molecule has 0 aliphatic heterocycles. The minimum absolute atomic E-state index is 0.00354. The van der Waals surface area contributed by atoms with Crippen molar-refractivity contribution in [3.8, 4) is 0 Å². The third kappa shape index (κ3) is 4.23. The lowest BCUT2D eigenvalue weighted by Gasteiger charge is -2.18. The van der Waals surface area contributed by atoms with E-state index in [0.717, 1.165) is 22.4 Å². The zero-order chi connectivity index (χ0) is 15.3. The average Bonchev–Trinajstić information content (AvgIpc) is 2.42. The van der Waals surface area contributed by atoms with Crippen molar-refractivity contribution in [2.75, 3.05) is 7.05 Å². The maximum absolute atomic E-state index is 12.4. The number of amides is 1. The number of allylic oxidation sites excluding steroid dienone is 5. The van der Waals surface area contributed by atoms with Crippen molar-refractivity contribution in [2.24, 2.45) is 0 Å². The van der Waals surface area contributed by atoms with Gasteiger partial charge in [0.05, 0.1) is 0 Å². The topological polar surface area (TPSA) is 20.3 Å². The zero-order valence-electron chi connectivity index (χ0n) is 13.0. The van der Waals surface area contributed by atoms with Crippen LogP contribution in [0.5, 0.6) is 0 Å². The summed E-state index contributed by atoms with van der Waals surface area (Å²) < 4.78 is 0. The van der Waals surface area contributed by atoms with Crippen LogP contribution in [0.15, 0.2) is 59.8 Å². The van der Waals surface area contributed by atoms with Gasteiger partial charge in [0, 0.05) is 18.3 Å². The molecule has 1 rings (SSSR count). The van der Waals surface area contributed by atoms with Crippen LogP contribution >= 0.6 is 0 Å². The van der Waals surface area contributed by atoms with Crippen LogP contribution in [-0.4, -0.2) is 17.9 Å². The number of nitrogens with zero attached hydrogens (tertiary/aromatic N) is 1. The summed E-state index contributed by atoms with van der Waals surface area (Å²) in [6.07, 6.45) is 3.93. The van der Waals surface area contributed by atoms with Crippen molar-refractivity contribution >= 4 is 5.91 Å². The molecule has 0 unspecified atom stereocenters. The summed E-state index contributed by atoms with van der Waals surface area (Å²) in [5.74, 6) is 0.00354. The minimum atomic E-state index is 0.00354. The number of hydrogen-bond donors (Lipinski definition) is 0. The van der Waals surface area contributed by atoms with Gasteiger partial charge < -0.3 is 4.90 Å². The van der Waals surface area contributed by atoms with Gasteiger partial charge in [0.15, 0.2) is 0 Å². The summed E-state index contributed by atoms with van der Waals surface area (Å²) >= 11 is 0. The van der Waals surface area contributed by atoms with Crippen LogP contribution < -0.4 is 0 Å². The molecule has 0 fully saturated rings. The highest BCUT2D eigenvalue weighted by Crippen LogP contribution is 2.12. The van der Waals surface area contributed by atoms with Gasteiger partial charge in [0.25, 0.3) is 5.91 Å². The van der Waals surface area contributed by atoms with Crippen molar-refractivity contribution in [1.29, 1.82) is 0 Å². The van der Waals surface area contributed by atoms with Crippen molar-refractivity contribution in [3.63, 3.8) is 0 Å². The molecule has 0 heterocycles. The Labute approximate surface area is 122 Å². The molecule has 106 valence electrons. The van der Waals surface area contributed by atoms with Gasteiger partial charge in [-0.2, -0.15) is 0 Å². The van der Waals surface area contributed by atoms with Gasteiger partial charge in [0.1, 0.15) is 0 Å². The van der Waals surface area contributed by atoms with Gasteiger partial charge in [-0.15, -0.1) is 0 Å². The average molecular weight is 269 g/mol. The summed E-state index contributed by atoms with van der Waals surface area (Å²) in [4.78, 5) is 14.0. The lowest BCUT2D eigenvalue weighted by Crippen LogP contribution is -2.24. The molecule has 0 N–H and O–H groups in total. The van der Waals surface area contributed by atoms with E-state index in [0.29, 0.717) is 5.56 Å². The number of carbonyl (C=O) groups excluding carboxylic acids is 1. The molecule has 20 heavy (non-hydrogen) atoms. The number of benzene rings is 1. The third-order valence-corrected chi connectivity index (χ3v) is 3.35. The Hall–Kier alpha value is -2.09. The first kappa shape index (κ1) is 16.0. The van der Waals surface area contributed by atoms with Crippen molar-refractivity contribution in [1.82, 2.24) is 4.90 Å². The van der Waals surface area contributed by atoms with Gasteiger partial charge >= 0.3 is 0 Å². The molecular formula is C18H23NO. The second kappa shape index (κ2) is 6.90. The second-order valence-corrected chi connectivity index (χ2v) is 5.17. The molecule has 2 heteroatoms. The van der Waals surface area contributed by atoms with E-state index in [1.165, 1.54) is 0 Å². The summed E-state index contributed by atoms with van der Waals surface area (Å²) in [5, 5.41) is 0. The van der Waals surface area contributed by atoms with Crippen molar-refractivity contribution in [3.05, 3.63) is 71.0 Å². The first-order valence-electron chi connectivity index (χ1n) is 6.68. The SMILES string of the molecule is C=C(C)/C(C)=C/C=C(\C)N(C)C(=O)c1cccc(C)c1. The molecule has 2 nitrogen and oxygen atoms in total. The maximum atomic E-state index is 12.4. The number of carbonyl (C=O) groups is 1. The fourth-order valence-corrected chi connectivity index (χ4v) is 1.63. The number of hydrogen-bond acceptors (Lipinski definition) is 1. The minimum Gasteiger partial charge on any atom is -0.316 e. The molecular weight excluding hydrogens is 246 g/mol. The van der Waals surface area contributed by atoms with Crippen LogP contribution in [0.25, 0.3) is 0 Å². The van der Waals surface area contributed by atoms with Crippen LogP contribution in [0, 0.1) is 6.92 Å². The lowest BCUT2D eigenvalue weighted by molar-refractivity contribution is 0.0836. The summed E-state index contributed by atoms with van der Waals surface area (Å²) in [5.41, 5.74) is 4.84. The Morgan fingerprint density at radius 2 is 1.85 bits per heavy atom. The fourth-order valence-electron chi connectivity index (χ4n) is 1.63. The highest BCUT2D eigenvalue weighted by atomic mass is 16.2. The van der Waals surface area contributed by atoms with Gasteiger partial charge in [-0.05, 0) is 51.5 Å². The molecule has 0 radical (unpaired) electrons. The van der Waals surface area contributed by atoms with Crippen molar-refractivity contribution in [2.45, 2.75) is 27.7 Å². The van der Waals surface area contributed by atoms with E-state index >= 15 is 0 Å². The molecule has 1 aromatic carbocycles. The van der Waals surface area contributed by atoms with E-state index in [4.69, 9.17) is 0 Å². The van der Waals surface area contributed by atoms with Crippen LogP contribution in [-0.2, 0) is 0 Å². The summed E-state index contributed by atoms with van der Waals surface area (Å²) in [7, 11) is 1.79. The van der Waals surface area contributed by atoms with E-state index in [1.54, 1.807) is 11.9 Å². The molecule has 0 saturated heterocycles. The highest BCUT2D eigenvalue weighted by molar-refractivity contribution is 5.95. The Morgan fingerprint density at radius 3 is 2.40 bits per heavy atom. The number of aryl methyl sites for hydroxylation is 1. The Kier molecular flexibility index (Phi) is 5.51. The maximum Gasteiger partial charge on any atom is 0.257 e. The largest absolute Gasteiger partial charge is 0.316 e. The summed E-state index contributed by atoms with van der Waals surface area (Å²) in [6.45, 7) is 11.8. The van der Waals surface area contributed by atoms with E-state index in [-0.39, 0.29) is 5.91 Å². The molecule has 0 saturated carbocycles. The Balaban J connectivity index is 2.92. The summed E-state index contributed by atoms with van der Waals surface area (Å²) in [6, 6.07) is 7.63. The second-order valence-electron chi connectivity index (χ2n) is 5.17. The fraction of sp³-hybridized carbons (Fsp3) is 0.278. The Morgan fingerprint density at radius 1 is 1.20 bits per heavy atom. The van der Waals surface area contributed by atoms with Gasteiger partial charge in [-0.25, -0.2) is 0 Å². The molecule has 0 spiro atoms. The van der Waals surface area contributed by atoms with Gasteiger partial charge in [0.2, 0.25) is 0 Å². The van der Waals surface area contributed by atoms with Crippen molar-refractivity contribution < 1.29 is 4.79 Å². The lowest BCUT2D eigenvalue weighted by atomic mass is 10.1. The quantitative estimate of drug-likeness (QED) is 0.737. The van der Waals surface area contributed by atoms with Crippen LogP contribution in [0.2, 0.25) is 0 Å². The monoisotopic (exact) mass is 269 g/mol. The first-order chi connectivity index (χ1) is 9.32. The smallest absolute Gasteiger partial charge is 0.257 e. The normalized spacial score (nSPS) is 12.2. The van der Waals surface area contributed by atoms with Gasteiger partial charge in [-0.1, -0.05) is 35.9 Å². The highest BCUT2D eigenvalue weighted by Gasteiger charge is 2.12. The van der Waals surface area contributed by atoms with Crippen LogP contribution in [0.4, 0.5) is 0 Å². The number of rotatable bonds is 4.